The van der Waals surface area contributed by atoms with Crippen molar-refractivity contribution >= 4 is 28.9 Å². The maximum Gasteiger partial charge on any atom is 0.231 e. The molecule has 0 bridgehead atoms. The van der Waals surface area contributed by atoms with Gasteiger partial charge in [-0.15, -0.1) is 0 Å². The van der Waals surface area contributed by atoms with Crippen molar-refractivity contribution < 1.29 is 4.79 Å². The Morgan fingerprint density at radius 1 is 1.15 bits per heavy atom. The summed E-state index contributed by atoms with van der Waals surface area (Å²) in [5.74, 6) is -0.0153. The molecule has 0 saturated carbocycles. The highest BCUT2D eigenvalue weighted by Crippen LogP contribution is 2.24. The number of likely N-dealkylation sites (N-methyl/N-ethyl adjacent to an activating group) is 1. The first-order chi connectivity index (χ1) is 9.63. The number of hydrogen-bond donors (Lipinski definition) is 1. The van der Waals surface area contributed by atoms with E-state index in [1.165, 1.54) is 0 Å². The molecule has 20 heavy (non-hydrogen) atoms. The molecule has 0 aliphatic heterocycles. The second-order valence-corrected chi connectivity index (χ2v) is 4.87. The Kier molecular flexibility index (Phi) is 4.64. The quantitative estimate of drug-likeness (QED) is 0.875. The number of nitrogens with two attached hydrogens (primary N) is 1. The Labute approximate surface area is 124 Å². The van der Waals surface area contributed by atoms with Crippen LogP contribution in [0.3, 0.4) is 0 Å². The van der Waals surface area contributed by atoms with E-state index in [2.05, 4.69) is 0 Å². The molecule has 0 aromatic heterocycles. The molecule has 2 aromatic rings. The first-order valence-corrected chi connectivity index (χ1v) is 6.89. The van der Waals surface area contributed by atoms with Crippen molar-refractivity contribution in [3.8, 4) is 0 Å². The summed E-state index contributed by atoms with van der Waals surface area (Å²) in [5, 5.41) is 0.609. The van der Waals surface area contributed by atoms with Gasteiger partial charge in [0.25, 0.3) is 0 Å². The van der Waals surface area contributed by atoms with Crippen LogP contribution in [0.25, 0.3) is 0 Å². The van der Waals surface area contributed by atoms with Gasteiger partial charge in [0, 0.05) is 11.6 Å². The van der Waals surface area contributed by atoms with Gasteiger partial charge >= 0.3 is 0 Å². The van der Waals surface area contributed by atoms with Gasteiger partial charge in [0.15, 0.2) is 0 Å². The zero-order valence-electron chi connectivity index (χ0n) is 11.3. The SMILES string of the molecule is CCN(C(=O)Cc1ccccc1Cl)c1ccccc1N. The molecule has 0 aliphatic carbocycles. The molecule has 0 radical (unpaired) electrons. The van der Waals surface area contributed by atoms with E-state index in [0.29, 0.717) is 17.3 Å². The molecule has 0 unspecified atom stereocenters. The number of carbonyl (C=O) groups excluding carboxylic acids is 1. The maximum atomic E-state index is 12.5. The number of carbonyl (C=O) groups is 1. The number of amides is 1. The van der Waals surface area contributed by atoms with Crippen LogP contribution < -0.4 is 10.6 Å². The molecule has 0 heterocycles. The van der Waals surface area contributed by atoms with Crippen molar-refractivity contribution in [2.75, 3.05) is 17.2 Å². The molecular weight excluding hydrogens is 272 g/mol. The first-order valence-electron chi connectivity index (χ1n) is 6.51. The van der Waals surface area contributed by atoms with Gasteiger partial charge in [-0.3, -0.25) is 4.79 Å². The Bertz CT molecular complexity index is 613. The van der Waals surface area contributed by atoms with Crippen molar-refractivity contribution in [3.05, 3.63) is 59.1 Å². The predicted molar refractivity (Wildman–Crippen MR) is 84.0 cm³/mol. The van der Waals surface area contributed by atoms with E-state index in [4.69, 9.17) is 17.3 Å². The highest BCUT2D eigenvalue weighted by Gasteiger charge is 2.17. The summed E-state index contributed by atoms with van der Waals surface area (Å²) < 4.78 is 0. The van der Waals surface area contributed by atoms with E-state index in [1.54, 1.807) is 17.0 Å². The molecule has 0 atom stereocenters. The molecule has 104 valence electrons. The average molecular weight is 289 g/mol. The van der Waals surface area contributed by atoms with Gasteiger partial charge in [-0.25, -0.2) is 0 Å². The lowest BCUT2D eigenvalue weighted by Gasteiger charge is -2.22. The third-order valence-electron chi connectivity index (χ3n) is 3.14. The third kappa shape index (κ3) is 3.11. The van der Waals surface area contributed by atoms with Gasteiger partial charge < -0.3 is 10.6 Å². The summed E-state index contributed by atoms with van der Waals surface area (Å²) in [6, 6.07) is 14.7. The summed E-state index contributed by atoms with van der Waals surface area (Å²) >= 11 is 6.10. The second-order valence-electron chi connectivity index (χ2n) is 4.46. The third-order valence-corrected chi connectivity index (χ3v) is 3.51. The topological polar surface area (TPSA) is 46.3 Å². The molecule has 0 fully saturated rings. The second kappa shape index (κ2) is 6.44. The Morgan fingerprint density at radius 2 is 1.80 bits per heavy atom. The minimum atomic E-state index is -0.0153. The van der Waals surface area contributed by atoms with Gasteiger partial charge in [0.1, 0.15) is 0 Å². The van der Waals surface area contributed by atoms with Crippen LogP contribution in [0, 0.1) is 0 Å². The standard InChI is InChI=1S/C16H17ClN2O/c1-2-19(15-10-6-5-9-14(15)18)16(20)11-12-7-3-4-8-13(12)17/h3-10H,2,11,18H2,1H3. The zero-order valence-corrected chi connectivity index (χ0v) is 12.1. The largest absolute Gasteiger partial charge is 0.397 e. The maximum absolute atomic E-state index is 12.5. The lowest BCUT2D eigenvalue weighted by Crippen LogP contribution is -2.32. The normalized spacial score (nSPS) is 10.3. The molecule has 0 saturated heterocycles. The minimum absolute atomic E-state index is 0.0153. The van der Waals surface area contributed by atoms with Crippen LogP contribution in [-0.2, 0) is 11.2 Å². The van der Waals surface area contributed by atoms with Gasteiger partial charge in [-0.05, 0) is 30.7 Å². The number of hydrogen-bond acceptors (Lipinski definition) is 2. The van der Waals surface area contributed by atoms with Crippen LogP contribution in [-0.4, -0.2) is 12.5 Å². The van der Waals surface area contributed by atoms with Gasteiger partial charge in [0.2, 0.25) is 5.91 Å². The monoisotopic (exact) mass is 288 g/mol. The fourth-order valence-electron chi connectivity index (χ4n) is 2.11. The highest BCUT2D eigenvalue weighted by atomic mass is 35.5. The van der Waals surface area contributed by atoms with Crippen molar-refractivity contribution in [2.45, 2.75) is 13.3 Å². The molecule has 3 nitrogen and oxygen atoms in total. The molecule has 0 aliphatic rings. The van der Waals surface area contributed by atoms with E-state index in [0.717, 1.165) is 11.3 Å². The molecule has 0 spiro atoms. The molecule has 2 rings (SSSR count). The van der Waals surface area contributed by atoms with Crippen LogP contribution in [0.4, 0.5) is 11.4 Å². The zero-order chi connectivity index (χ0) is 14.5. The van der Waals surface area contributed by atoms with Crippen LogP contribution in [0.1, 0.15) is 12.5 Å². The van der Waals surface area contributed by atoms with E-state index in [1.807, 2.05) is 43.3 Å². The Hall–Kier alpha value is -2.00. The summed E-state index contributed by atoms with van der Waals surface area (Å²) in [6.45, 7) is 2.49. The number of para-hydroxylation sites is 2. The van der Waals surface area contributed by atoms with Crippen molar-refractivity contribution in [1.82, 2.24) is 0 Å². The summed E-state index contributed by atoms with van der Waals surface area (Å²) in [4.78, 5) is 14.1. The molecule has 2 aromatic carbocycles. The smallest absolute Gasteiger partial charge is 0.231 e. The van der Waals surface area contributed by atoms with Crippen molar-refractivity contribution in [3.63, 3.8) is 0 Å². The number of anilines is 2. The predicted octanol–water partition coefficient (Wildman–Crippen LogP) is 3.52. The Morgan fingerprint density at radius 3 is 2.45 bits per heavy atom. The van der Waals surface area contributed by atoms with E-state index >= 15 is 0 Å². The minimum Gasteiger partial charge on any atom is -0.397 e. The van der Waals surface area contributed by atoms with Gasteiger partial charge in [-0.2, -0.15) is 0 Å². The molecule has 4 heteroatoms. The summed E-state index contributed by atoms with van der Waals surface area (Å²) in [7, 11) is 0. The Balaban J connectivity index is 2.23. The lowest BCUT2D eigenvalue weighted by atomic mass is 10.1. The molecule has 1 amide bonds. The van der Waals surface area contributed by atoms with Crippen LogP contribution in [0.15, 0.2) is 48.5 Å². The number of nitrogen functional groups attached to an aromatic ring is 1. The van der Waals surface area contributed by atoms with Crippen LogP contribution in [0.2, 0.25) is 5.02 Å². The van der Waals surface area contributed by atoms with E-state index < -0.39 is 0 Å². The average Bonchev–Trinajstić information content (AvgIpc) is 2.44. The van der Waals surface area contributed by atoms with Gasteiger partial charge in [-0.1, -0.05) is 41.9 Å². The summed E-state index contributed by atoms with van der Waals surface area (Å²) in [5.41, 5.74) is 8.11. The summed E-state index contributed by atoms with van der Waals surface area (Å²) in [6.07, 6.45) is 0.266. The number of halogens is 1. The van der Waals surface area contributed by atoms with Crippen molar-refractivity contribution in [1.29, 1.82) is 0 Å². The lowest BCUT2D eigenvalue weighted by molar-refractivity contribution is -0.117. The highest BCUT2D eigenvalue weighted by molar-refractivity contribution is 6.31. The fourth-order valence-corrected chi connectivity index (χ4v) is 2.32. The number of rotatable bonds is 4. The van der Waals surface area contributed by atoms with Gasteiger partial charge in [0.05, 0.1) is 17.8 Å². The number of nitrogens with zero attached hydrogens (tertiary/aromatic N) is 1. The fraction of sp³-hybridized carbons (Fsp3) is 0.188. The molecular formula is C16H17ClN2O. The van der Waals surface area contributed by atoms with Crippen molar-refractivity contribution in [2.24, 2.45) is 0 Å². The van der Waals surface area contributed by atoms with Crippen LogP contribution >= 0.6 is 11.6 Å². The first kappa shape index (κ1) is 14.4. The van der Waals surface area contributed by atoms with E-state index in [-0.39, 0.29) is 12.3 Å². The number of benzene rings is 2. The van der Waals surface area contributed by atoms with Crippen LogP contribution in [0.5, 0.6) is 0 Å². The van der Waals surface area contributed by atoms with E-state index in [9.17, 15) is 4.79 Å². The molecule has 2 N–H and O–H groups in total.